The maximum Gasteiger partial charge on any atom is 0.150 e. The largest absolute Gasteiger partial charge is 0.297 e. The zero-order chi connectivity index (χ0) is 14.7. The van der Waals surface area contributed by atoms with E-state index >= 15 is 0 Å². The maximum atomic E-state index is 11.6. The lowest BCUT2D eigenvalue weighted by Gasteiger charge is -2.24. The first kappa shape index (κ1) is 14.8. The van der Waals surface area contributed by atoms with E-state index in [-0.39, 0.29) is 0 Å². The fourth-order valence-corrected chi connectivity index (χ4v) is 5.28. The minimum Gasteiger partial charge on any atom is -0.297 e. The molecule has 4 heteroatoms. The first-order chi connectivity index (χ1) is 10.1. The van der Waals surface area contributed by atoms with Crippen LogP contribution in [-0.2, 0) is 9.84 Å². The van der Waals surface area contributed by atoms with Crippen LogP contribution >= 0.6 is 0 Å². The van der Waals surface area contributed by atoms with Crippen LogP contribution in [0, 0.1) is 5.92 Å². The summed E-state index contributed by atoms with van der Waals surface area (Å²) in [6, 6.07) is 10.8. The van der Waals surface area contributed by atoms with Crippen molar-refractivity contribution in [1.29, 1.82) is 0 Å². The van der Waals surface area contributed by atoms with E-state index in [1.165, 1.54) is 18.4 Å². The van der Waals surface area contributed by atoms with E-state index in [1.807, 2.05) is 6.07 Å². The molecule has 2 aliphatic rings. The zero-order valence-corrected chi connectivity index (χ0v) is 13.1. The molecule has 3 rings (SSSR count). The average Bonchev–Trinajstić information content (AvgIpc) is 3.04. The molecule has 2 fully saturated rings. The summed E-state index contributed by atoms with van der Waals surface area (Å²) in [6.45, 7) is 2.03. The van der Waals surface area contributed by atoms with Crippen LogP contribution in [0.4, 0.5) is 0 Å². The van der Waals surface area contributed by atoms with Crippen molar-refractivity contribution in [2.45, 2.75) is 25.3 Å². The molecular formula is C17H23NO2S. The standard InChI is InChI=1S/C17H23NO2S/c19-21(20)12-10-16(14-21)13-18-11-4-7-17(18)9-8-15-5-2-1-3-6-15/h1-3,5-6,8-9,16-17H,4,7,10-14H2/b9-8+/t16-,17-/m1/s1. The molecule has 0 aromatic heterocycles. The van der Waals surface area contributed by atoms with Gasteiger partial charge in [0.25, 0.3) is 0 Å². The Hall–Kier alpha value is -1.13. The Balaban J connectivity index is 1.59. The van der Waals surface area contributed by atoms with Crippen LogP contribution in [0.2, 0.25) is 0 Å². The summed E-state index contributed by atoms with van der Waals surface area (Å²) in [6.07, 6.45) is 7.71. The summed E-state index contributed by atoms with van der Waals surface area (Å²) in [5.74, 6) is 1.11. The first-order valence-corrected chi connectivity index (χ1v) is 9.62. The minimum absolute atomic E-state index is 0.334. The first-order valence-electron chi connectivity index (χ1n) is 7.80. The van der Waals surface area contributed by atoms with E-state index in [0.29, 0.717) is 23.5 Å². The summed E-state index contributed by atoms with van der Waals surface area (Å²) in [5.41, 5.74) is 1.23. The predicted octanol–water partition coefficient (Wildman–Crippen LogP) is 2.60. The smallest absolute Gasteiger partial charge is 0.150 e. The Labute approximate surface area is 127 Å². The number of nitrogens with zero attached hydrogens (tertiary/aromatic N) is 1. The number of sulfone groups is 1. The predicted molar refractivity (Wildman–Crippen MR) is 86.8 cm³/mol. The van der Waals surface area contributed by atoms with E-state index < -0.39 is 9.84 Å². The molecule has 0 aliphatic carbocycles. The molecular weight excluding hydrogens is 282 g/mol. The van der Waals surface area contributed by atoms with Crippen LogP contribution in [0.15, 0.2) is 36.4 Å². The summed E-state index contributed by atoms with van der Waals surface area (Å²) in [4.78, 5) is 2.46. The molecule has 21 heavy (non-hydrogen) atoms. The van der Waals surface area contributed by atoms with Gasteiger partial charge in [0.1, 0.15) is 0 Å². The molecule has 114 valence electrons. The van der Waals surface area contributed by atoms with Gasteiger partial charge in [-0.05, 0) is 37.3 Å². The fraction of sp³-hybridized carbons (Fsp3) is 0.529. The number of rotatable bonds is 4. The molecule has 1 aromatic carbocycles. The zero-order valence-electron chi connectivity index (χ0n) is 12.3. The van der Waals surface area contributed by atoms with E-state index in [4.69, 9.17) is 0 Å². The number of likely N-dealkylation sites (tertiary alicyclic amines) is 1. The molecule has 0 saturated carbocycles. The van der Waals surface area contributed by atoms with E-state index in [1.54, 1.807) is 0 Å². The van der Waals surface area contributed by atoms with E-state index in [2.05, 4.69) is 41.3 Å². The van der Waals surface area contributed by atoms with Crippen molar-refractivity contribution in [2.24, 2.45) is 5.92 Å². The summed E-state index contributed by atoms with van der Waals surface area (Å²) >= 11 is 0. The van der Waals surface area contributed by atoms with Crippen molar-refractivity contribution in [3.05, 3.63) is 42.0 Å². The number of benzene rings is 1. The molecule has 2 saturated heterocycles. The van der Waals surface area contributed by atoms with Crippen LogP contribution in [0.5, 0.6) is 0 Å². The Bertz CT molecular complexity index is 594. The van der Waals surface area contributed by atoms with Crippen molar-refractivity contribution in [2.75, 3.05) is 24.6 Å². The Morgan fingerprint density at radius 3 is 2.71 bits per heavy atom. The minimum atomic E-state index is -2.75. The molecule has 0 amide bonds. The summed E-state index contributed by atoms with van der Waals surface area (Å²) < 4.78 is 23.1. The molecule has 0 bridgehead atoms. The van der Waals surface area contributed by atoms with Crippen LogP contribution in [0.25, 0.3) is 6.08 Å². The van der Waals surface area contributed by atoms with Crippen LogP contribution in [-0.4, -0.2) is 44.0 Å². The van der Waals surface area contributed by atoms with Gasteiger partial charge in [-0.2, -0.15) is 0 Å². The van der Waals surface area contributed by atoms with Crippen molar-refractivity contribution < 1.29 is 8.42 Å². The molecule has 0 N–H and O–H groups in total. The lowest BCUT2D eigenvalue weighted by atomic mass is 10.1. The fourth-order valence-electron chi connectivity index (χ4n) is 3.43. The summed E-state index contributed by atoms with van der Waals surface area (Å²) in [5, 5.41) is 0. The van der Waals surface area contributed by atoms with Crippen molar-refractivity contribution in [1.82, 2.24) is 4.90 Å². The van der Waals surface area contributed by atoms with Gasteiger partial charge in [0, 0.05) is 12.6 Å². The third kappa shape index (κ3) is 3.95. The monoisotopic (exact) mass is 305 g/mol. The Morgan fingerprint density at radius 2 is 2.00 bits per heavy atom. The highest BCUT2D eigenvalue weighted by Crippen LogP contribution is 2.25. The normalized spacial score (nSPS) is 29.3. The molecule has 2 heterocycles. The second-order valence-electron chi connectivity index (χ2n) is 6.24. The Morgan fingerprint density at radius 1 is 1.19 bits per heavy atom. The van der Waals surface area contributed by atoms with Gasteiger partial charge >= 0.3 is 0 Å². The van der Waals surface area contributed by atoms with E-state index in [0.717, 1.165) is 19.5 Å². The van der Waals surface area contributed by atoms with Gasteiger partial charge in [-0.25, -0.2) is 8.42 Å². The molecule has 3 nitrogen and oxygen atoms in total. The third-order valence-corrected chi connectivity index (χ3v) is 6.38. The molecule has 2 aliphatic heterocycles. The van der Waals surface area contributed by atoms with Gasteiger partial charge in [0.15, 0.2) is 9.84 Å². The highest BCUT2D eigenvalue weighted by Gasteiger charge is 2.32. The SMILES string of the molecule is O=S1(=O)CC[C@H](CN2CCC[C@@H]2/C=C/c2ccccc2)C1. The summed E-state index contributed by atoms with van der Waals surface area (Å²) in [7, 11) is -2.75. The maximum absolute atomic E-state index is 11.6. The average molecular weight is 305 g/mol. The van der Waals surface area contributed by atoms with Gasteiger partial charge in [-0.3, -0.25) is 4.90 Å². The molecule has 2 atom stereocenters. The molecule has 1 aromatic rings. The van der Waals surface area contributed by atoms with Crippen molar-refractivity contribution in [3.63, 3.8) is 0 Å². The number of hydrogen-bond donors (Lipinski definition) is 0. The lowest BCUT2D eigenvalue weighted by molar-refractivity contribution is 0.252. The lowest BCUT2D eigenvalue weighted by Crippen LogP contribution is -2.33. The van der Waals surface area contributed by atoms with Gasteiger partial charge in [0.2, 0.25) is 0 Å². The second kappa shape index (κ2) is 6.32. The van der Waals surface area contributed by atoms with Gasteiger partial charge < -0.3 is 0 Å². The van der Waals surface area contributed by atoms with Gasteiger partial charge in [-0.15, -0.1) is 0 Å². The van der Waals surface area contributed by atoms with Gasteiger partial charge in [0.05, 0.1) is 11.5 Å². The van der Waals surface area contributed by atoms with Crippen LogP contribution in [0.3, 0.4) is 0 Å². The Kier molecular flexibility index (Phi) is 4.45. The molecule has 0 unspecified atom stereocenters. The third-order valence-electron chi connectivity index (χ3n) is 4.54. The topological polar surface area (TPSA) is 37.4 Å². The quantitative estimate of drug-likeness (QED) is 0.858. The van der Waals surface area contributed by atoms with Crippen LogP contribution < -0.4 is 0 Å². The molecule has 0 radical (unpaired) electrons. The van der Waals surface area contributed by atoms with Crippen molar-refractivity contribution in [3.8, 4) is 0 Å². The highest BCUT2D eigenvalue weighted by atomic mass is 32.2. The van der Waals surface area contributed by atoms with Crippen molar-refractivity contribution >= 4 is 15.9 Å². The van der Waals surface area contributed by atoms with Crippen LogP contribution in [0.1, 0.15) is 24.8 Å². The molecule has 0 spiro atoms. The second-order valence-corrected chi connectivity index (χ2v) is 8.47. The number of hydrogen-bond acceptors (Lipinski definition) is 3. The van der Waals surface area contributed by atoms with Gasteiger partial charge in [-0.1, -0.05) is 42.5 Å². The van der Waals surface area contributed by atoms with E-state index in [9.17, 15) is 8.42 Å². The highest BCUT2D eigenvalue weighted by molar-refractivity contribution is 7.91.